The largest absolute Gasteiger partial charge is 0.493 e. The van der Waals surface area contributed by atoms with Gasteiger partial charge in [-0.2, -0.15) is 0 Å². The molecule has 0 radical (unpaired) electrons. The van der Waals surface area contributed by atoms with E-state index in [-0.39, 0.29) is 0 Å². The van der Waals surface area contributed by atoms with E-state index in [9.17, 15) is 0 Å². The van der Waals surface area contributed by atoms with Crippen LogP contribution in [-0.2, 0) is 0 Å². The summed E-state index contributed by atoms with van der Waals surface area (Å²) in [6.45, 7) is 17.4. The van der Waals surface area contributed by atoms with Gasteiger partial charge in [-0.15, -0.1) is 0 Å². The lowest BCUT2D eigenvalue weighted by Gasteiger charge is -2.21. The van der Waals surface area contributed by atoms with E-state index in [1.807, 2.05) is 0 Å². The van der Waals surface area contributed by atoms with Crippen molar-refractivity contribution in [2.24, 2.45) is 20.0 Å². The number of hydrogen-bond donors (Lipinski definition) is 0. The second kappa shape index (κ2) is 52.7. The molecule has 0 N–H and O–H groups in total. The van der Waals surface area contributed by atoms with Gasteiger partial charge in [-0.1, -0.05) is 311 Å². The molecule has 0 aromatic heterocycles. The fraction of sp³-hybridized carbons (Fsp3) is 0.652. The Labute approximate surface area is 621 Å². The van der Waals surface area contributed by atoms with Crippen LogP contribution in [0.4, 0.5) is 0 Å². The lowest BCUT2D eigenvalue weighted by atomic mass is 9.96. The summed E-state index contributed by atoms with van der Waals surface area (Å²) in [6, 6.07) is 8.46. The molecular weight excluding hydrogens is 1260 g/mol. The van der Waals surface area contributed by atoms with Gasteiger partial charge < -0.3 is 28.4 Å². The summed E-state index contributed by atoms with van der Waals surface area (Å²) < 4.78 is 41.8. The quantitative estimate of drug-likeness (QED) is 0.0611. The second-order valence-corrected chi connectivity index (χ2v) is 29.6. The normalized spacial score (nSPS) is 14.5. The molecule has 0 unspecified atom stereocenters. The number of ether oxygens (including phenoxy) is 6. The molecule has 5 heterocycles. The molecule has 10 nitrogen and oxygen atoms in total. The highest BCUT2D eigenvalue weighted by Gasteiger charge is 2.30. The molecule has 10 heteroatoms. The van der Waals surface area contributed by atoms with Gasteiger partial charge in [0.05, 0.1) is 96.4 Å². The number of benzene rings is 2. The molecule has 2 aromatic carbocycles. The zero-order chi connectivity index (χ0) is 71.5. The number of nitrogens with zero attached hydrogens (tertiary/aromatic N) is 4. The molecule has 7 rings (SSSR count). The predicted octanol–water partition coefficient (Wildman–Crippen LogP) is 27.8. The minimum Gasteiger partial charge on any atom is -0.493 e. The van der Waals surface area contributed by atoms with Crippen molar-refractivity contribution < 1.29 is 28.4 Å². The number of unbranched alkanes of at least 4 members (excludes halogenated alkanes) is 42. The van der Waals surface area contributed by atoms with Crippen LogP contribution in [0.5, 0.6) is 34.5 Å². The van der Waals surface area contributed by atoms with E-state index < -0.39 is 0 Å². The molecule has 102 heavy (non-hydrogen) atoms. The van der Waals surface area contributed by atoms with Crippen molar-refractivity contribution in [3.05, 3.63) is 119 Å². The van der Waals surface area contributed by atoms with Crippen LogP contribution in [0.2, 0.25) is 0 Å². The molecule has 5 aliphatic heterocycles. The van der Waals surface area contributed by atoms with Crippen LogP contribution < -0.4 is 28.4 Å². The van der Waals surface area contributed by atoms with Crippen molar-refractivity contribution in [2.45, 2.75) is 350 Å². The summed E-state index contributed by atoms with van der Waals surface area (Å²) in [5, 5.41) is 0. The fourth-order valence-corrected chi connectivity index (χ4v) is 14.2. The summed E-state index contributed by atoms with van der Waals surface area (Å²) in [5.74, 6) is 4.50. The summed E-state index contributed by atoms with van der Waals surface area (Å²) in [6.07, 6.45) is 80.1. The highest BCUT2D eigenvalue weighted by molar-refractivity contribution is 6.35. The Morgan fingerprint density at radius 3 is 0.696 bits per heavy atom. The Morgan fingerprint density at radius 1 is 0.225 bits per heavy atom. The maximum Gasteiger partial charge on any atom is 0.134 e. The molecule has 0 spiro atoms. The third-order valence-corrected chi connectivity index (χ3v) is 20.4. The molecular formula is C92H140N4O6. The standard InChI is InChI=1S/C92H140N4O6/c1-7-13-19-25-31-37-43-49-63-97-79-71-85(99-65-51-45-39-33-27-21-15-9-3)91(86(72-79)100-66-52-46-40-34-28-22-16-10-4)89-81-59-55-75(93-81)69-77-57-61-83(95-77)90(84-62-58-78(96-84)70-76-56-60-82(89)94-76)92-87(101-67-53-47-41-35-29-23-17-11-5)73-80(98-64-50-44-38-32-26-20-14-8-2)74-88(92)102-68-54-48-42-36-30-24-18-12-6/h55-62,69-74H,7-54,63-68H2,1-6H3. The van der Waals surface area contributed by atoms with Crippen molar-refractivity contribution >= 4 is 34.0 Å². The average Bonchev–Trinajstić information content (AvgIpc) is 1.48. The number of aliphatic imine (C=N–C) groups is 4. The summed E-state index contributed by atoms with van der Waals surface area (Å²) in [5.41, 5.74) is 9.76. The van der Waals surface area contributed by atoms with E-state index in [0.717, 1.165) is 179 Å². The zero-order valence-electron chi connectivity index (χ0n) is 65.5. The van der Waals surface area contributed by atoms with Crippen LogP contribution in [0.15, 0.2) is 128 Å². The molecule has 5 aliphatic rings. The van der Waals surface area contributed by atoms with Gasteiger partial charge in [0.25, 0.3) is 0 Å². The summed E-state index contributed by atoms with van der Waals surface area (Å²) >= 11 is 0. The van der Waals surface area contributed by atoms with E-state index in [1.54, 1.807) is 0 Å². The van der Waals surface area contributed by atoms with Crippen molar-refractivity contribution in [3.63, 3.8) is 0 Å². The summed E-state index contributed by atoms with van der Waals surface area (Å²) in [4.78, 5) is 22.0. The van der Waals surface area contributed by atoms with Crippen LogP contribution in [0.25, 0.3) is 11.1 Å². The monoisotopic (exact) mass is 1400 g/mol. The first-order valence-electron chi connectivity index (χ1n) is 42.6. The van der Waals surface area contributed by atoms with Crippen LogP contribution in [0, 0.1) is 0 Å². The van der Waals surface area contributed by atoms with Crippen molar-refractivity contribution in [1.29, 1.82) is 0 Å². The van der Waals surface area contributed by atoms with Crippen LogP contribution in [-0.4, -0.2) is 62.5 Å². The molecule has 0 amide bonds. The SMILES string of the molecule is CCCCCCCCCCOc1cc(OCCCCCCCCCC)c(C2=C3C=CC(=N3)C=C3C=CC(=N3)C(c3c(OCCCCCCCCCC)cc(OCCCCCCCCCC)cc3OCCCCCCCCCC)=C3C=CC(=N3)C=C3C=CC2=N3)c(OCCCCCCCCCC)c1. The molecule has 2 aromatic rings. The van der Waals surface area contributed by atoms with Gasteiger partial charge >= 0.3 is 0 Å². The van der Waals surface area contributed by atoms with Gasteiger partial charge in [-0.25, -0.2) is 20.0 Å². The van der Waals surface area contributed by atoms with E-state index in [4.69, 9.17) is 48.4 Å². The Hall–Kier alpha value is -6.16. The molecule has 0 saturated heterocycles. The number of hydrogen-bond acceptors (Lipinski definition) is 10. The zero-order valence-corrected chi connectivity index (χ0v) is 65.5. The number of fused-ring (bicyclic) bond motifs is 4. The van der Waals surface area contributed by atoms with E-state index in [1.165, 1.54) is 231 Å². The first kappa shape index (κ1) is 83.1. The van der Waals surface area contributed by atoms with Gasteiger partial charge in [0.15, 0.2) is 0 Å². The highest BCUT2D eigenvalue weighted by atomic mass is 16.5. The van der Waals surface area contributed by atoms with Crippen LogP contribution in [0.1, 0.15) is 361 Å². The Morgan fingerprint density at radius 2 is 0.451 bits per heavy atom. The van der Waals surface area contributed by atoms with Gasteiger partial charge in [-0.3, -0.25) is 0 Å². The van der Waals surface area contributed by atoms with E-state index in [2.05, 4.69) is 127 Å². The minimum atomic E-state index is 0.584. The molecule has 0 aliphatic carbocycles. The second-order valence-electron chi connectivity index (χ2n) is 29.6. The van der Waals surface area contributed by atoms with E-state index >= 15 is 0 Å². The minimum absolute atomic E-state index is 0.584. The lowest BCUT2D eigenvalue weighted by molar-refractivity contribution is 0.274. The molecule has 564 valence electrons. The molecule has 0 fully saturated rings. The Bertz CT molecular complexity index is 2820. The van der Waals surface area contributed by atoms with E-state index in [0.29, 0.717) is 39.6 Å². The smallest absolute Gasteiger partial charge is 0.134 e. The highest BCUT2D eigenvalue weighted by Crippen LogP contribution is 2.46. The van der Waals surface area contributed by atoms with Crippen LogP contribution in [0.3, 0.4) is 0 Å². The number of rotatable bonds is 62. The average molecular weight is 1400 g/mol. The van der Waals surface area contributed by atoms with Crippen molar-refractivity contribution in [2.75, 3.05) is 39.6 Å². The molecule has 0 saturated carbocycles. The maximum atomic E-state index is 7.09. The molecule has 0 atom stereocenters. The Kier molecular flexibility index (Phi) is 43.0. The van der Waals surface area contributed by atoms with Gasteiger partial charge in [0.2, 0.25) is 0 Å². The lowest BCUT2D eigenvalue weighted by Crippen LogP contribution is -2.10. The Balaban J connectivity index is 1.28. The topological polar surface area (TPSA) is 105 Å². The first-order chi connectivity index (χ1) is 50.5. The third kappa shape index (κ3) is 31.7. The van der Waals surface area contributed by atoms with Gasteiger partial charge in [0, 0.05) is 35.4 Å². The maximum absolute atomic E-state index is 7.09. The summed E-state index contributed by atoms with van der Waals surface area (Å²) in [7, 11) is 0. The first-order valence-corrected chi connectivity index (χ1v) is 42.6. The van der Waals surface area contributed by atoms with Gasteiger partial charge in [-0.05, 0) is 99.3 Å². The molecule has 8 bridgehead atoms. The van der Waals surface area contributed by atoms with Gasteiger partial charge in [0.1, 0.15) is 34.5 Å². The van der Waals surface area contributed by atoms with Crippen molar-refractivity contribution in [1.82, 2.24) is 0 Å². The number of allylic oxidation sites excluding steroid dienone is 12. The van der Waals surface area contributed by atoms with Crippen molar-refractivity contribution in [3.8, 4) is 34.5 Å². The fourth-order valence-electron chi connectivity index (χ4n) is 14.2. The predicted molar refractivity (Wildman–Crippen MR) is 438 cm³/mol. The van der Waals surface area contributed by atoms with Crippen LogP contribution >= 0.6 is 0 Å². The third-order valence-electron chi connectivity index (χ3n) is 20.4.